The molecule has 1 unspecified atom stereocenters. The van der Waals surface area contributed by atoms with E-state index in [1.165, 1.54) is 7.11 Å². The normalized spacial score (nSPS) is 13.6. The molecule has 0 amide bonds. The summed E-state index contributed by atoms with van der Waals surface area (Å²) in [4.78, 5) is 0. The summed E-state index contributed by atoms with van der Waals surface area (Å²) in [5.41, 5.74) is -0.328. The fourth-order valence-corrected chi connectivity index (χ4v) is 1.80. The molecule has 2 nitrogen and oxygen atoms in total. The number of ether oxygens (including phenoxy) is 1. The molecule has 114 valence electrons. The molecule has 1 N–H and O–H groups in total. The van der Waals surface area contributed by atoms with Gasteiger partial charge in [-0.1, -0.05) is 6.92 Å². The summed E-state index contributed by atoms with van der Waals surface area (Å²) in [6, 6.07) is 0.905. The van der Waals surface area contributed by atoms with Gasteiger partial charge in [-0.25, -0.2) is 13.2 Å². The molecular weight excluding hydrogens is 281 g/mol. The van der Waals surface area contributed by atoms with Crippen LogP contribution in [0.5, 0.6) is 5.75 Å². The van der Waals surface area contributed by atoms with Crippen molar-refractivity contribution in [1.29, 1.82) is 0 Å². The Balaban J connectivity index is 3.26. The minimum atomic E-state index is -4.34. The van der Waals surface area contributed by atoms with Crippen molar-refractivity contribution in [3.63, 3.8) is 0 Å². The van der Waals surface area contributed by atoms with Crippen LogP contribution in [-0.4, -0.2) is 26.0 Å². The highest BCUT2D eigenvalue weighted by atomic mass is 19.3. The van der Waals surface area contributed by atoms with Crippen LogP contribution in [0.3, 0.4) is 0 Å². The maximum atomic E-state index is 13.7. The third kappa shape index (κ3) is 3.59. The highest BCUT2D eigenvalue weighted by Gasteiger charge is 2.50. The van der Waals surface area contributed by atoms with Gasteiger partial charge in [0.05, 0.1) is 7.11 Å². The third-order valence-corrected chi connectivity index (χ3v) is 2.78. The molecule has 1 atom stereocenters. The Hall–Kier alpha value is -1.37. The number of nitrogens with one attached hydrogen (secondary N) is 1. The molecule has 0 aliphatic carbocycles. The summed E-state index contributed by atoms with van der Waals surface area (Å²) in [6.07, 6.45) is -3.40. The number of methoxy groups -OCH3 is 1. The Morgan fingerprint density at radius 2 is 1.95 bits per heavy atom. The molecule has 20 heavy (non-hydrogen) atoms. The maximum Gasteiger partial charge on any atom is 0.326 e. The molecule has 1 aromatic rings. The lowest BCUT2D eigenvalue weighted by Crippen LogP contribution is -2.43. The van der Waals surface area contributed by atoms with Crippen molar-refractivity contribution in [3.8, 4) is 5.75 Å². The zero-order valence-electron chi connectivity index (χ0n) is 11.1. The summed E-state index contributed by atoms with van der Waals surface area (Å²) >= 11 is 0. The summed E-state index contributed by atoms with van der Waals surface area (Å²) in [5.74, 6) is -5.20. The second kappa shape index (κ2) is 6.88. The van der Waals surface area contributed by atoms with Gasteiger partial charge in [0.25, 0.3) is 0 Å². The molecule has 7 heteroatoms. The molecular formula is C13H16F5NO. The van der Waals surface area contributed by atoms with Gasteiger partial charge in [0.1, 0.15) is 17.6 Å². The molecule has 0 bridgehead atoms. The molecule has 0 spiro atoms. The van der Waals surface area contributed by atoms with Crippen LogP contribution >= 0.6 is 0 Å². The van der Waals surface area contributed by atoms with E-state index in [-0.39, 0.29) is 17.9 Å². The maximum absolute atomic E-state index is 13.7. The fourth-order valence-electron chi connectivity index (χ4n) is 1.80. The van der Waals surface area contributed by atoms with Crippen molar-refractivity contribution in [1.82, 2.24) is 5.32 Å². The van der Waals surface area contributed by atoms with Gasteiger partial charge < -0.3 is 10.1 Å². The topological polar surface area (TPSA) is 21.3 Å². The van der Waals surface area contributed by atoms with E-state index in [0.717, 1.165) is 18.2 Å². The highest BCUT2D eigenvalue weighted by molar-refractivity contribution is 5.38. The molecule has 0 saturated heterocycles. The van der Waals surface area contributed by atoms with Crippen LogP contribution < -0.4 is 10.1 Å². The van der Waals surface area contributed by atoms with E-state index in [1.54, 1.807) is 6.92 Å². The average molecular weight is 297 g/mol. The average Bonchev–Trinajstić information content (AvgIpc) is 2.39. The van der Waals surface area contributed by atoms with Crippen molar-refractivity contribution in [3.05, 3.63) is 29.6 Å². The van der Waals surface area contributed by atoms with Gasteiger partial charge in [0.2, 0.25) is 0 Å². The van der Waals surface area contributed by atoms with E-state index in [4.69, 9.17) is 4.74 Å². The predicted octanol–water partition coefficient (Wildman–Crippen LogP) is 3.78. The molecule has 0 saturated carbocycles. The lowest BCUT2D eigenvalue weighted by molar-refractivity contribution is -0.151. The number of hydrogen-bond acceptors (Lipinski definition) is 2. The van der Waals surface area contributed by atoms with Gasteiger partial charge in [-0.3, -0.25) is 0 Å². The smallest absolute Gasteiger partial charge is 0.326 e. The zero-order chi connectivity index (χ0) is 15.3. The largest absolute Gasteiger partial charge is 0.496 e. The Morgan fingerprint density at radius 1 is 1.30 bits per heavy atom. The van der Waals surface area contributed by atoms with Gasteiger partial charge in [-0.2, -0.15) is 8.78 Å². The molecule has 0 aliphatic heterocycles. The van der Waals surface area contributed by atoms with Crippen LogP contribution in [0.4, 0.5) is 22.0 Å². The number of halogens is 5. The van der Waals surface area contributed by atoms with E-state index in [9.17, 15) is 22.0 Å². The van der Waals surface area contributed by atoms with Crippen molar-refractivity contribution < 1.29 is 26.7 Å². The summed E-state index contributed by atoms with van der Waals surface area (Å²) in [6.45, 7) is 1.79. The van der Waals surface area contributed by atoms with E-state index >= 15 is 0 Å². The standard InChI is InChI=1S/C13H16F5NO/c1-3-6-19-11(13(17,18)12(15)16)9-7-8(14)4-5-10(9)20-2/h4-5,7,11-12,19H,3,6H2,1-2H3. The minimum Gasteiger partial charge on any atom is -0.496 e. The second-order valence-corrected chi connectivity index (χ2v) is 4.25. The van der Waals surface area contributed by atoms with E-state index in [2.05, 4.69) is 5.32 Å². The first-order valence-corrected chi connectivity index (χ1v) is 6.07. The van der Waals surface area contributed by atoms with Crippen LogP contribution in [-0.2, 0) is 0 Å². The molecule has 0 aliphatic rings. The fraction of sp³-hybridized carbons (Fsp3) is 0.538. The van der Waals surface area contributed by atoms with Crippen LogP contribution in [0.25, 0.3) is 0 Å². The van der Waals surface area contributed by atoms with Gasteiger partial charge in [0.15, 0.2) is 0 Å². The highest BCUT2D eigenvalue weighted by Crippen LogP contribution is 2.40. The Bertz CT molecular complexity index is 439. The molecule has 0 radical (unpaired) electrons. The summed E-state index contributed by atoms with van der Waals surface area (Å²) in [5, 5.41) is 2.33. The quantitative estimate of drug-likeness (QED) is 0.773. The number of rotatable bonds is 7. The lowest BCUT2D eigenvalue weighted by atomic mass is 9.99. The predicted molar refractivity (Wildman–Crippen MR) is 64.9 cm³/mol. The van der Waals surface area contributed by atoms with Crippen molar-refractivity contribution in [2.45, 2.75) is 31.7 Å². The Kier molecular flexibility index (Phi) is 5.74. The van der Waals surface area contributed by atoms with Crippen molar-refractivity contribution >= 4 is 0 Å². The van der Waals surface area contributed by atoms with Crippen LogP contribution in [0.1, 0.15) is 24.9 Å². The summed E-state index contributed by atoms with van der Waals surface area (Å²) < 4.78 is 70.6. The van der Waals surface area contributed by atoms with E-state index in [1.807, 2.05) is 0 Å². The lowest BCUT2D eigenvalue weighted by Gasteiger charge is -2.28. The van der Waals surface area contributed by atoms with Crippen molar-refractivity contribution in [2.75, 3.05) is 13.7 Å². The van der Waals surface area contributed by atoms with Gasteiger partial charge in [-0.05, 0) is 31.2 Å². The Morgan fingerprint density at radius 3 is 2.45 bits per heavy atom. The number of benzene rings is 1. The molecule has 1 rings (SSSR count). The van der Waals surface area contributed by atoms with Crippen LogP contribution in [0, 0.1) is 5.82 Å². The zero-order valence-corrected chi connectivity index (χ0v) is 11.1. The first-order valence-electron chi connectivity index (χ1n) is 6.07. The minimum absolute atomic E-state index is 0.0691. The van der Waals surface area contributed by atoms with E-state index in [0.29, 0.717) is 6.42 Å². The first kappa shape index (κ1) is 16.7. The Labute approximate surface area is 113 Å². The van der Waals surface area contributed by atoms with E-state index < -0.39 is 24.2 Å². The SMILES string of the molecule is CCCNC(c1cc(F)ccc1OC)C(F)(F)C(F)F. The molecule has 1 aromatic carbocycles. The second-order valence-electron chi connectivity index (χ2n) is 4.25. The van der Waals surface area contributed by atoms with Gasteiger partial charge in [-0.15, -0.1) is 0 Å². The first-order chi connectivity index (χ1) is 9.34. The van der Waals surface area contributed by atoms with Crippen molar-refractivity contribution in [2.24, 2.45) is 0 Å². The molecule has 0 aromatic heterocycles. The van der Waals surface area contributed by atoms with Crippen LogP contribution in [0.2, 0.25) is 0 Å². The monoisotopic (exact) mass is 297 g/mol. The third-order valence-electron chi connectivity index (χ3n) is 2.78. The van der Waals surface area contributed by atoms with Gasteiger partial charge >= 0.3 is 12.3 Å². The molecule has 0 heterocycles. The number of hydrogen-bond donors (Lipinski definition) is 1. The van der Waals surface area contributed by atoms with Gasteiger partial charge in [0, 0.05) is 5.56 Å². The number of alkyl halides is 4. The molecule has 0 fully saturated rings. The summed E-state index contributed by atoms with van der Waals surface area (Å²) in [7, 11) is 1.20. The van der Waals surface area contributed by atoms with Crippen LogP contribution in [0.15, 0.2) is 18.2 Å².